The van der Waals surface area contributed by atoms with E-state index in [-0.39, 0.29) is 17.8 Å². The second-order valence-corrected chi connectivity index (χ2v) is 7.35. The van der Waals surface area contributed by atoms with E-state index in [0.717, 1.165) is 0 Å². The lowest BCUT2D eigenvalue weighted by Crippen LogP contribution is -2.48. The molecular formula is C17H26O6. The zero-order valence-corrected chi connectivity index (χ0v) is 14.5. The smallest absolute Gasteiger partial charge is 0.350 e. The number of esters is 3. The molecule has 0 aromatic heterocycles. The van der Waals surface area contributed by atoms with Crippen molar-refractivity contribution in [2.75, 3.05) is 0 Å². The quantitative estimate of drug-likeness (QED) is 0.570. The number of hydrogen-bond acceptors (Lipinski definition) is 6. The molecule has 130 valence electrons. The minimum atomic E-state index is -1.36. The molecule has 2 rings (SSSR count). The van der Waals surface area contributed by atoms with Crippen LogP contribution in [0.15, 0.2) is 0 Å². The van der Waals surface area contributed by atoms with Crippen molar-refractivity contribution in [3.05, 3.63) is 0 Å². The fourth-order valence-corrected chi connectivity index (χ4v) is 3.02. The Kier molecular flexibility index (Phi) is 4.74. The molecule has 1 heterocycles. The Morgan fingerprint density at radius 3 is 2.65 bits per heavy atom. The van der Waals surface area contributed by atoms with Crippen LogP contribution in [0.2, 0.25) is 0 Å². The molecule has 0 amide bonds. The average molecular weight is 326 g/mol. The van der Waals surface area contributed by atoms with Gasteiger partial charge < -0.3 is 14.2 Å². The standard InChI is InChI=1S/C17H26O6/c1-6-10(2)13(18)22-16(3,4)15(20)21-12-8-7-11-9-17(12,5)23-14(11)19/h10-12H,6-9H2,1-5H3. The van der Waals surface area contributed by atoms with Crippen molar-refractivity contribution in [2.24, 2.45) is 11.8 Å². The predicted octanol–water partition coefficient (Wildman–Crippen LogP) is 2.38. The van der Waals surface area contributed by atoms with E-state index in [1.54, 1.807) is 13.8 Å². The molecule has 2 bridgehead atoms. The van der Waals surface area contributed by atoms with Gasteiger partial charge in [-0.15, -0.1) is 0 Å². The second kappa shape index (κ2) is 6.13. The highest BCUT2D eigenvalue weighted by Gasteiger charge is 2.54. The lowest BCUT2D eigenvalue weighted by Gasteiger charge is -2.36. The molecule has 1 saturated heterocycles. The monoisotopic (exact) mass is 326 g/mol. The molecule has 6 heteroatoms. The fourth-order valence-electron chi connectivity index (χ4n) is 3.02. The molecule has 0 aromatic carbocycles. The van der Waals surface area contributed by atoms with Crippen LogP contribution < -0.4 is 0 Å². The van der Waals surface area contributed by atoms with Crippen molar-refractivity contribution in [1.82, 2.24) is 0 Å². The molecule has 0 spiro atoms. The van der Waals surface area contributed by atoms with Gasteiger partial charge >= 0.3 is 17.9 Å². The Morgan fingerprint density at radius 1 is 1.39 bits per heavy atom. The van der Waals surface area contributed by atoms with Crippen LogP contribution in [0.5, 0.6) is 0 Å². The summed E-state index contributed by atoms with van der Waals surface area (Å²) in [6, 6.07) is 0. The third kappa shape index (κ3) is 3.51. The van der Waals surface area contributed by atoms with Crippen LogP contribution in [0.3, 0.4) is 0 Å². The van der Waals surface area contributed by atoms with E-state index in [1.165, 1.54) is 13.8 Å². The molecular weight excluding hydrogens is 300 g/mol. The number of hydrogen-bond donors (Lipinski definition) is 0. The predicted molar refractivity (Wildman–Crippen MR) is 81.3 cm³/mol. The maximum absolute atomic E-state index is 12.4. The number of ether oxygens (including phenoxy) is 3. The van der Waals surface area contributed by atoms with Crippen molar-refractivity contribution >= 4 is 17.9 Å². The van der Waals surface area contributed by atoms with Gasteiger partial charge in [0.2, 0.25) is 5.60 Å². The Labute approximate surface area is 136 Å². The largest absolute Gasteiger partial charge is 0.455 e. The minimum Gasteiger partial charge on any atom is -0.455 e. The summed E-state index contributed by atoms with van der Waals surface area (Å²) in [6.45, 7) is 8.46. The van der Waals surface area contributed by atoms with Crippen molar-refractivity contribution in [2.45, 2.75) is 77.6 Å². The molecule has 1 saturated carbocycles. The Morgan fingerprint density at radius 2 is 2.04 bits per heavy atom. The topological polar surface area (TPSA) is 78.9 Å². The van der Waals surface area contributed by atoms with Crippen LogP contribution in [0.4, 0.5) is 0 Å². The van der Waals surface area contributed by atoms with E-state index in [4.69, 9.17) is 14.2 Å². The summed E-state index contributed by atoms with van der Waals surface area (Å²) in [6.07, 6.45) is 1.94. The van der Waals surface area contributed by atoms with Gasteiger partial charge in [-0.05, 0) is 40.0 Å². The molecule has 2 fully saturated rings. The average Bonchev–Trinajstić information content (AvgIpc) is 2.71. The van der Waals surface area contributed by atoms with Gasteiger partial charge in [-0.25, -0.2) is 4.79 Å². The highest BCUT2D eigenvalue weighted by molar-refractivity contribution is 5.83. The molecule has 2 aliphatic rings. The van der Waals surface area contributed by atoms with Crippen molar-refractivity contribution in [3.63, 3.8) is 0 Å². The first-order valence-corrected chi connectivity index (χ1v) is 8.26. The summed E-state index contributed by atoms with van der Waals surface area (Å²) in [5.41, 5.74) is -2.14. The van der Waals surface area contributed by atoms with E-state index < -0.39 is 29.2 Å². The van der Waals surface area contributed by atoms with Crippen LogP contribution in [-0.2, 0) is 28.6 Å². The van der Waals surface area contributed by atoms with Crippen LogP contribution in [0.1, 0.15) is 60.3 Å². The number of fused-ring (bicyclic) bond motifs is 2. The fraction of sp³-hybridized carbons (Fsp3) is 0.824. The molecule has 6 nitrogen and oxygen atoms in total. The molecule has 4 unspecified atom stereocenters. The second-order valence-electron chi connectivity index (χ2n) is 7.35. The Bertz CT molecular complexity index is 511. The van der Waals surface area contributed by atoms with E-state index >= 15 is 0 Å². The third-order valence-electron chi connectivity index (χ3n) is 4.89. The molecule has 4 atom stereocenters. The van der Waals surface area contributed by atoms with Gasteiger partial charge in [0.1, 0.15) is 11.7 Å². The number of carbonyl (C=O) groups excluding carboxylic acids is 3. The highest BCUT2D eigenvalue weighted by Crippen LogP contribution is 2.44. The highest BCUT2D eigenvalue weighted by atomic mass is 16.6. The van der Waals surface area contributed by atoms with Crippen molar-refractivity contribution in [3.8, 4) is 0 Å². The molecule has 1 aliphatic heterocycles. The maximum atomic E-state index is 12.4. The molecule has 23 heavy (non-hydrogen) atoms. The van der Waals surface area contributed by atoms with E-state index in [0.29, 0.717) is 25.7 Å². The maximum Gasteiger partial charge on any atom is 0.350 e. The van der Waals surface area contributed by atoms with Crippen LogP contribution in [0.25, 0.3) is 0 Å². The summed E-state index contributed by atoms with van der Waals surface area (Å²) in [7, 11) is 0. The third-order valence-corrected chi connectivity index (χ3v) is 4.89. The summed E-state index contributed by atoms with van der Waals surface area (Å²) < 4.78 is 16.3. The van der Waals surface area contributed by atoms with Crippen LogP contribution >= 0.6 is 0 Å². The van der Waals surface area contributed by atoms with E-state index in [1.807, 2.05) is 6.92 Å². The number of rotatable bonds is 5. The van der Waals surface area contributed by atoms with Gasteiger partial charge in [-0.1, -0.05) is 13.8 Å². The molecule has 0 N–H and O–H groups in total. The van der Waals surface area contributed by atoms with Gasteiger partial charge in [0.25, 0.3) is 0 Å². The summed E-state index contributed by atoms with van der Waals surface area (Å²) in [5, 5.41) is 0. The Hall–Kier alpha value is -1.59. The molecule has 0 aromatic rings. The number of carbonyl (C=O) groups is 3. The molecule has 0 radical (unpaired) electrons. The zero-order chi connectivity index (χ0) is 17.4. The van der Waals surface area contributed by atoms with Crippen molar-refractivity contribution < 1.29 is 28.6 Å². The normalized spacial score (nSPS) is 31.3. The first-order chi connectivity index (χ1) is 10.6. The van der Waals surface area contributed by atoms with Gasteiger partial charge in [-0.2, -0.15) is 0 Å². The summed E-state index contributed by atoms with van der Waals surface area (Å²) in [4.78, 5) is 36.1. The zero-order valence-electron chi connectivity index (χ0n) is 14.5. The SMILES string of the molecule is CCC(C)C(=O)OC(C)(C)C(=O)OC1CCC2CC1(C)OC2=O. The van der Waals surface area contributed by atoms with Gasteiger partial charge in [0.05, 0.1) is 11.8 Å². The van der Waals surface area contributed by atoms with Crippen molar-refractivity contribution in [1.29, 1.82) is 0 Å². The van der Waals surface area contributed by atoms with Gasteiger partial charge in [0, 0.05) is 6.42 Å². The van der Waals surface area contributed by atoms with E-state index in [9.17, 15) is 14.4 Å². The first kappa shape index (κ1) is 17.8. The lowest BCUT2D eigenvalue weighted by molar-refractivity contribution is -0.195. The van der Waals surface area contributed by atoms with Crippen LogP contribution in [-0.4, -0.2) is 35.2 Å². The summed E-state index contributed by atoms with van der Waals surface area (Å²) >= 11 is 0. The first-order valence-electron chi connectivity index (χ1n) is 8.26. The lowest BCUT2D eigenvalue weighted by atomic mass is 9.80. The minimum absolute atomic E-state index is 0.0915. The molecule has 1 aliphatic carbocycles. The van der Waals surface area contributed by atoms with Gasteiger partial charge in [-0.3, -0.25) is 9.59 Å². The summed E-state index contributed by atoms with van der Waals surface area (Å²) in [5.74, 6) is -1.61. The van der Waals surface area contributed by atoms with Gasteiger partial charge in [0.15, 0.2) is 0 Å². The Balaban J connectivity index is 2.00. The van der Waals surface area contributed by atoms with E-state index in [2.05, 4.69) is 0 Å². The van der Waals surface area contributed by atoms with Crippen LogP contribution in [0, 0.1) is 11.8 Å².